The molecule has 0 spiro atoms. The molecule has 134 valence electrons. The Morgan fingerprint density at radius 3 is 2.78 bits per heavy atom. The van der Waals surface area contributed by atoms with Gasteiger partial charge in [-0.2, -0.15) is 5.10 Å². The predicted octanol–water partition coefficient (Wildman–Crippen LogP) is 2.73. The molecule has 0 unspecified atom stereocenters. The fourth-order valence-corrected chi connectivity index (χ4v) is 3.00. The molecule has 4 rings (SSSR count). The fourth-order valence-electron chi connectivity index (χ4n) is 3.00. The average molecular weight is 359 g/mol. The van der Waals surface area contributed by atoms with E-state index in [1.54, 1.807) is 6.07 Å². The first-order chi connectivity index (χ1) is 13.1. The van der Waals surface area contributed by atoms with Gasteiger partial charge in [0, 0.05) is 17.3 Å². The Labute approximate surface area is 154 Å². The molecule has 0 atom stereocenters. The van der Waals surface area contributed by atoms with Crippen molar-refractivity contribution in [2.45, 2.75) is 13.5 Å². The number of fused-ring (bicyclic) bond motifs is 1. The second kappa shape index (κ2) is 6.87. The van der Waals surface area contributed by atoms with Crippen molar-refractivity contribution in [1.82, 2.24) is 19.7 Å². The van der Waals surface area contributed by atoms with E-state index in [1.165, 1.54) is 6.07 Å². The summed E-state index contributed by atoms with van der Waals surface area (Å²) in [7, 11) is 0. The molecular weight excluding hydrogens is 342 g/mol. The number of imidazole rings is 1. The van der Waals surface area contributed by atoms with E-state index in [-0.39, 0.29) is 18.0 Å². The lowest BCUT2D eigenvalue weighted by molar-refractivity contribution is -0.116. The summed E-state index contributed by atoms with van der Waals surface area (Å²) in [5.74, 6) is 0.644. The first-order valence-corrected chi connectivity index (χ1v) is 8.48. The van der Waals surface area contributed by atoms with Gasteiger partial charge in [0.2, 0.25) is 5.91 Å². The van der Waals surface area contributed by atoms with Gasteiger partial charge in [-0.3, -0.25) is 9.59 Å². The molecule has 2 aromatic heterocycles. The molecule has 0 bridgehead atoms. The van der Waals surface area contributed by atoms with Gasteiger partial charge in [-0.15, -0.1) is 0 Å². The van der Waals surface area contributed by atoms with Gasteiger partial charge >= 0.3 is 0 Å². The van der Waals surface area contributed by atoms with Crippen LogP contribution in [0.1, 0.15) is 5.82 Å². The highest BCUT2D eigenvalue weighted by Crippen LogP contribution is 2.20. The number of H-pyrrole nitrogens is 1. The van der Waals surface area contributed by atoms with E-state index in [4.69, 9.17) is 0 Å². The maximum Gasteiger partial charge on any atom is 0.264 e. The number of rotatable bonds is 4. The Kier molecular flexibility index (Phi) is 4.25. The number of hydrogen-bond donors (Lipinski definition) is 2. The standard InChI is InChI=1S/C20H17N5O2/c1-13-21-17-7-2-3-8-18(17)25(13)12-20(27)22-15-6-4-5-14(11-15)16-9-10-19(26)24-23-16/h2-11H,12H2,1H3,(H,22,27)(H,24,26). The maximum atomic E-state index is 12.5. The van der Waals surface area contributed by atoms with Crippen LogP contribution in [-0.4, -0.2) is 25.7 Å². The molecule has 2 aromatic carbocycles. The third-order valence-electron chi connectivity index (χ3n) is 4.27. The summed E-state index contributed by atoms with van der Waals surface area (Å²) in [6.07, 6.45) is 0. The lowest BCUT2D eigenvalue weighted by Crippen LogP contribution is -2.19. The molecule has 0 radical (unpaired) electrons. The Morgan fingerprint density at radius 1 is 1.11 bits per heavy atom. The first-order valence-electron chi connectivity index (χ1n) is 8.48. The van der Waals surface area contributed by atoms with Gasteiger partial charge in [0.25, 0.3) is 5.56 Å². The Morgan fingerprint density at radius 2 is 1.96 bits per heavy atom. The molecule has 0 saturated heterocycles. The van der Waals surface area contributed by atoms with E-state index >= 15 is 0 Å². The molecule has 1 amide bonds. The zero-order valence-electron chi connectivity index (χ0n) is 14.6. The molecule has 2 N–H and O–H groups in total. The first kappa shape index (κ1) is 16.7. The number of aromatic nitrogens is 4. The van der Waals surface area contributed by atoms with Crippen LogP contribution in [0.5, 0.6) is 0 Å². The number of amides is 1. The summed E-state index contributed by atoms with van der Waals surface area (Å²) in [4.78, 5) is 28.2. The summed E-state index contributed by atoms with van der Waals surface area (Å²) >= 11 is 0. The summed E-state index contributed by atoms with van der Waals surface area (Å²) in [6, 6.07) is 18.1. The van der Waals surface area contributed by atoms with Crippen LogP contribution < -0.4 is 10.9 Å². The summed E-state index contributed by atoms with van der Waals surface area (Å²) in [6.45, 7) is 2.06. The molecule has 2 heterocycles. The summed E-state index contributed by atoms with van der Waals surface area (Å²) < 4.78 is 1.89. The fraction of sp³-hybridized carbons (Fsp3) is 0.100. The Bertz CT molecular complexity index is 1170. The van der Waals surface area contributed by atoms with Crippen molar-refractivity contribution in [3.05, 3.63) is 76.8 Å². The van der Waals surface area contributed by atoms with Crippen LogP contribution >= 0.6 is 0 Å². The molecule has 0 aliphatic carbocycles. The molecule has 7 heteroatoms. The van der Waals surface area contributed by atoms with Crippen molar-refractivity contribution >= 4 is 22.6 Å². The van der Waals surface area contributed by atoms with E-state index in [0.29, 0.717) is 11.4 Å². The lowest BCUT2D eigenvalue weighted by Gasteiger charge is -2.09. The van der Waals surface area contributed by atoms with Crippen LogP contribution in [0, 0.1) is 6.92 Å². The zero-order chi connectivity index (χ0) is 18.8. The van der Waals surface area contributed by atoms with E-state index in [9.17, 15) is 9.59 Å². The van der Waals surface area contributed by atoms with E-state index < -0.39 is 0 Å². The molecule has 0 saturated carbocycles. The number of hydrogen-bond acceptors (Lipinski definition) is 4. The third-order valence-corrected chi connectivity index (χ3v) is 4.27. The van der Waals surface area contributed by atoms with Crippen LogP contribution in [0.3, 0.4) is 0 Å². The largest absolute Gasteiger partial charge is 0.325 e. The van der Waals surface area contributed by atoms with Crippen molar-refractivity contribution < 1.29 is 4.79 Å². The topological polar surface area (TPSA) is 92.7 Å². The van der Waals surface area contributed by atoms with Crippen molar-refractivity contribution in [2.24, 2.45) is 0 Å². The Hall–Kier alpha value is -3.74. The summed E-state index contributed by atoms with van der Waals surface area (Å²) in [5.41, 5.74) is 3.62. The molecule has 4 aromatic rings. The molecular formula is C20H17N5O2. The van der Waals surface area contributed by atoms with Crippen molar-refractivity contribution in [1.29, 1.82) is 0 Å². The van der Waals surface area contributed by atoms with Crippen molar-refractivity contribution in [3.63, 3.8) is 0 Å². The van der Waals surface area contributed by atoms with Gasteiger partial charge in [-0.25, -0.2) is 10.1 Å². The number of aromatic amines is 1. The molecule has 27 heavy (non-hydrogen) atoms. The van der Waals surface area contributed by atoms with Gasteiger partial charge in [0.1, 0.15) is 12.4 Å². The highest BCUT2D eigenvalue weighted by atomic mass is 16.2. The van der Waals surface area contributed by atoms with Gasteiger partial charge in [-0.1, -0.05) is 24.3 Å². The zero-order valence-corrected chi connectivity index (χ0v) is 14.6. The quantitative estimate of drug-likeness (QED) is 0.586. The van der Waals surface area contributed by atoms with Crippen LogP contribution in [0.4, 0.5) is 5.69 Å². The van der Waals surface area contributed by atoms with Crippen LogP contribution in [0.25, 0.3) is 22.3 Å². The number of aryl methyl sites for hydroxylation is 1. The second-order valence-electron chi connectivity index (χ2n) is 6.17. The van der Waals surface area contributed by atoms with Crippen LogP contribution in [0.2, 0.25) is 0 Å². The number of nitrogens with zero attached hydrogens (tertiary/aromatic N) is 3. The SMILES string of the molecule is Cc1nc2ccccc2n1CC(=O)Nc1cccc(-c2ccc(=O)[nH]n2)c1. The number of carbonyl (C=O) groups excluding carboxylic acids is 1. The van der Waals surface area contributed by atoms with Crippen LogP contribution in [-0.2, 0) is 11.3 Å². The van der Waals surface area contributed by atoms with E-state index in [1.807, 2.05) is 60.0 Å². The minimum atomic E-state index is -0.258. The van der Waals surface area contributed by atoms with Crippen molar-refractivity contribution in [2.75, 3.05) is 5.32 Å². The minimum Gasteiger partial charge on any atom is -0.325 e. The average Bonchev–Trinajstić information content (AvgIpc) is 2.98. The molecule has 0 aliphatic rings. The highest BCUT2D eigenvalue weighted by Gasteiger charge is 2.11. The number of benzene rings is 2. The van der Waals surface area contributed by atoms with E-state index in [0.717, 1.165) is 22.4 Å². The van der Waals surface area contributed by atoms with Gasteiger partial charge in [-0.05, 0) is 37.3 Å². The predicted molar refractivity (Wildman–Crippen MR) is 103 cm³/mol. The molecule has 0 aliphatic heterocycles. The maximum absolute atomic E-state index is 12.5. The Balaban J connectivity index is 1.54. The van der Waals surface area contributed by atoms with Gasteiger partial charge in [0.05, 0.1) is 16.7 Å². The monoisotopic (exact) mass is 359 g/mol. The van der Waals surface area contributed by atoms with E-state index in [2.05, 4.69) is 20.5 Å². The normalized spacial score (nSPS) is 10.9. The number of para-hydroxylation sites is 2. The van der Waals surface area contributed by atoms with Gasteiger partial charge in [0.15, 0.2) is 0 Å². The third kappa shape index (κ3) is 3.48. The molecule has 0 fully saturated rings. The highest BCUT2D eigenvalue weighted by molar-refractivity contribution is 5.92. The van der Waals surface area contributed by atoms with Gasteiger partial charge < -0.3 is 9.88 Å². The molecule has 7 nitrogen and oxygen atoms in total. The summed E-state index contributed by atoms with van der Waals surface area (Å²) in [5, 5.41) is 9.33. The number of anilines is 1. The van der Waals surface area contributed by atoms with Crippen LogP contribution in [0.15, 0.2) is 65.5 Å². The number of carbonyl (C=O) groups is 1. The lowest BCUT2D eigenvalue weighted by atomic mass is 10.1. The minimum absolute atomic E-state index is 0.146. The van der Waals surface area contributed by atoms with Crippen molar-refractivity contribution in [3.8, 4) is 11.3 Å². The second-order valence-corrected chi connectivity index (χ2v) is 6.17. The smallest absolute Gasteiger partial charge is 0.264 e. The number of nitrogens with one attached hydrogen (secondary N) is 2.